The molecule has 1 aliphatic heterocycles. The lowest BCUT2D eigenvalue weighted by Crippen LogP contribution is -2.47. The molecule has 5 nitrogen and oxygen atoms in total. The van der Waals surface area contributed by atoms with Crippen LogP contribution in [0.3, 0.4) is 0 Å². The summed E-state index contributed by atoms with van der Waals surface area (Å²) in [5.74, 6) is 0.327. The normalized spacial score (nSPS) is 25.4. The second-order valence-corrected chi connectivity index (χ2v) is 4.24. The van der Waals surface area contributed by atoms with Gasteiger partial charge in [-0.05, 0) is 18.8 Å². The second-order valence-electron chi connectivity index (χ2n) is 4.24. The Balaban J connectivity index is 2.22. The van der Waals surface area contributed by atoms with Gasteiger partial charge in [-0.1, -0.05) is 6.92 Å². The van der Waals surface area contributed by atoms with Crippen LogP contribution in [0.1, 0.15) is 19.8 Å². The quantitative estimate of drug-likeness (QED) is 0.811. The van der Waals surface area contributed by atoms with Gasteiger partial charge in [-0.25, -0.2) is 9.78 Å². The van der Waals surface area contributed by atoms with Crippen LogP contribution in [0.15, 0.2) is 18.6 Å². The Bertz CT molecular complexity index is 369. The van der Waals surface area contributed by atoms with Crippen LogP contribution in [-0.4, -0.2) is 33.6 Å². The molecule has 0 saturated carbocycles. The molecule has 86 valence electrons. The van der Waals surface area contributed by atoms with Gasteiger partial charge in [0.2, 0.25) is 0 Å². The molecule has 0 bridgehead atoms. The fraction of sp³-hybridized carbons (Fsp3) is 0.545. The standard InChI is InChI=1S/C11H15N3O2/c1-8-2-5-14(9(6-8)11(15)16)10-7-12-3-4-13-10/h3-4,7-9H,2,5-6H2,1H3,(H,15,16). The number of hydrogen-bond acceptors (Lipinski definition) is 4. The van der Waals surface area contributed by atoms with Crippen LogP contribution in [0.4, 0.5) is 5.82 Å². The highest BCUT2D eigenvalue weighted by atomic mass is 16.4. The molecule has 1 aromatic rings. The summed E-state index contributed by atoms with van der Waals surface area (Å²) < 4.78 is 0. The summed E-state index contributed by atoms with van der Waals surface area (Å²) in [6, 6.07) is -0.472. The van der Waals surface area contributed by atoms with Crippen molar-refractivity contribution in [3.05, 3.63) is 18.6 Å². The molecule has 16 heavy (non-hydrogen) atoms. The molecule has 5 heteroatoms. The summed E-state index contributed by atoms with van der Waals surface area (Å²) >= 11 is 0. The first-order valence-corrected chi connectivity index (χ1v) is 5.44. The smallest absolute Gasteiger partial charge is 0.326 e. The van der Waals surface area contributed by atoms with Gasteiger partial charge in [0.15, 0.2) is 0 Å². The first-order valence-electron chi connectivity index (χ1n) is 5.44. The van der Waals surface area contributed by atoms with Gasteiger partial charge in [0.1, 0.15) is 11.9 Å². The highest BCUT2D eigenvalue weighted by molar-refractivity contribution is 5.77. The lowest BCUT2D eigenvalue weighted by atomic mass is 9.92. The van der Waals surface area contributed by atoms with E-state index in [-0.39, 0.29) is 0 Å². The number of rotatable bonds is 2. The Labute approximate surface area is 94.1 Å². The van der Waals surface area contributed by atoms with Crippen LogP contribution in [0.2, 0.25) is 0 Å². The van der Waals surface area contributed by atoms with Gasteiger partial charge in [-0.15, -0.1) is 0 Å². The van der Waals surface area contributed by atoms with Gasteiger partial charge in [0.05, 0.1) is 6.20 Å². The predicted molar refractivity (Wildman–Crippen MR) is 59.2 cm³/mol. The Morgan fingerprint density at radius 2 is 2.38 bits per heavy atom. The van der Waals surface area contributed by atoms with Crippen LogP contribution in [-0.2, 0) is 4.79 Å². The molecule has 1 N–H and O–H groups in total. The third kappa shape index (κ3) is 2.13. The molecule has 2 heterocycles. The Morgan fingerprint density at radius 1 is 1.56 bits per heavy atom. The van der Waals surface area contributed by atoms with Crippen LogP contribution in [0.25, 0.3) is 0 Å². The van der Waals surface area contributed by atoms with Crippen molar-refractivity contribution in [2.24, 2.45) is 5.92 Å². The van der Waals surface area contributed by atoms with Crippen molar-refractivity contribution in [3.8, 4) is 0 Å². The van der Waals surface area contributed by atoms with Gasteiger partial charge in [-0.3, -0.25) is 4.98 Å². The van der Waals surface area contributed by atoms with Gasteiger partial charge in [0.25, 0.3) is 0 Å². The SMILES string of the molecule is CC1CCN(c2cnccn2)C(C(=O)O)C1. The minimum absolute atomic E-state index is 0.453. The zero-order valence-electron chi connectivity index (χ0n) is 9.21. The molecule has 2 unspecified atom stereocenters. The first kappa shape index (κ1) is 10.9. The van der Waals surface area contributed by atoms with Crippen LogP contribution >= 0.6 is 0 Å². The molecule has 0 aromatic carbocycles. The van der Waals surface area contributed by atoms with Crippen molar-refractivity contribution in [3.63, 3.8) is 0 Å². The molecule has 2 atom stereocenters. The van der Waals surface area contributed by atoms with Crippen molar-refractivity contribution in [1.82, 2.24) is 9.97 Å². The van der Waals surface area contributed by atoms with E-state index in [1.165, 1.54) is 0 Å². The fourth-order valence-electron chi connectivity index (χ4n) is 2.09. The molecule has 0 radical (unpaired) electrons. The minimum Gasteiger partial charge on any atom is -0.480 e. The summed E-state index contributed by atoms with van der Waals surface area (Å²) in [6.07, 6.45) is 6.47. The zero-order valence-corrected chi connectivity index (χ0v) is 9.21. The van der Waals surface area contributed by atoms with E-state index in [1.807, 2.05) is 4.90 Å². The number of anilines is 1. The van der Waals surface area contributed by atoms with Gasteiger partial charge < -0.3 is 10.0 Å². The molecule has 0 amide bonds. The Hall–Kier alpha value is -1.65. The maximum absolute atomic E-state index is 11.2. The summed E-state index contributed by atoms with van der Waals surface area (Å²) in [5.41, 5.74) is 0. The van der Waals surface area contributed by atoms with E-state index in [2.05, 4.69) is 16.9 Å². The third-order valence-electron chi connectivity index (χ3n) is 2.99. The predicted octanol–water partition coefficient (Wildman–Crippen LogP) is 1.17. The highest BCUT2D eigenvalue weighted by Crippen LogP contribution is 2.26. The first-order chi connectivity index (χ1) is 7.68. The molecular formula is C11H15N3O2. The van der Waals surface area contributed by atoms with E-state index < -0.39 is 12.0 Å². The molecular weight excluding hydrogens is 206 g/mol. The maximum atomic E-state index is 11.2. The largest absolute Gasteiger partial charge is 0.480 e. The minimum atomic E-state index is -0.780. The third-order valence-corrected chi connectivity index (χ3v) is 2.99. The second kappa shape index (κ2) is 4.47. The Morgan fingerprint density at radius 3 is 3.00 bits per heavy atom. The Kier molecular flexibility index (Phi) is 3.03. The summed E-state index contributed by atoms with van der Waals surface area (Å²) in [6.45, 7) is 2.82. The fourth-order valence-corrected chi connectivity index (χ4v) is 2.09. The van der Waals surface area contributed by atoms with Crippen molar-refractivity contribution >= 4 is 11.8 Å². The molecule has 0 aliphatic carbocycles. The average molecular weight is 221 g/mol. The molecule has 1 aliphatic rings. The summed E-state index contributed by atoms with van der Waals surface area (Å²) in [5, 5.41) is 9.20. The van der Waals surface area contributed by atoms with Crippen molar-refractivity contribution < 1.29 is 9.90 Å². The number of aromatic nitrogens is 2. The lowest BCUT2D eigenvalue weighted by molar-refractivity contribution is -0.139. The molecule has 1 saturated heterocycles. The van der Waals surface area contributed by atoms with Crippen LogP contribution in [0.5, 0.6) is 0 Å². The topological polar surface area (TPSA) is 66.3 Å². The van der Waals surface area contributed by atoms with E-state index in [1.54, 1.807) is 18.6 Å². The number of nitrogens with zero attached hydrogens (tertiary/aromatic N) is 3. The van der Waals surface area contributed by atoms with Gasteiger partial charge in [-0.2, -0.15) is 0 Å². The van der Waals surface area contributed by atoms with Gasteiger partial charge in [0, 0.05) is 18.9 Å². The van der Waals surface area contributed by atoms with E-state index >= 15 is 0 Å². The number of hydrogen-bond donors (Lipinski definition) is 1. The molecule has 0 spiro atoms. The van der Waals surface area contributed by atoms with E-state index in [0.29, 0.717) is 18.2 Å². The summed E-state index contributed by atoms with van der Waals surface area (Å²) in [7, 11) is 0. The maximum Gasteiger partial charge on any atom is 0.326 e. The lowest BCUT2D eigenvalue weighted by Gasteiger charge is -2.36. The van der Waals surface area contributed by atoms with E-state index in [4.69, 9.17) is 0 Å². The number of carbonyl (C=O) groups is 1. The van der Waals surface area contributed by atoms with E-state index in [9.17, 15) is 9.90 Å². The number of piperidine rings is 1. The molecule has 2 rings (SSSR count). The van der Waals surface area contributed by atoms with E-state index in [0.717, 1.165) is 13.0 Å². The number of carboxylic acid groups (broad SMARTS) is 1. The number of aliphatic carboxylic acids is 1. The van der Waals surface area contributed by atoms with Crippen molar-refractivity contribution in [2.75, 3.05) is 11.4 Å². The molecule has 1 fully saturated rings. The highest BCUT2D eigenvalue weighted by Gasteiger charge is 2.32. The summed E-state index contributed by atoms with van der Waals surface area (Å²) in [4.78, 5) is 21.2. The van der Waals surface area contributed by atoms with Crippen LogP contribution < -0.4 is 4.90 Å². The monoisotopic (exact) mass is 221 g/mol. The van der Waals surface area contributed by atoms with Gasteiger partial charge >= 0.3 is 5.97 Å². The number of carboxylic acids is 1. The van der Waals surface area contributed by atoms with Crippen molar-refractivity contribution in [2.45, 2.75) is 25.8 Å². The van der Waals surface area contributed by atoms with Crippen molar-refractivity contribution in [1.29, 1.82) is 0 Å². The average Bonchev–Trinajstić information content (AvgIpc) is 2.30. The zero-order chi connectivity index (χ0) is 11.5. The molecule has 1 aromatic heterocycles. The van der Waals surface area contributed by atoms with Crippen LogP contribution in [0, 0.1) is 5.92 Å².